The summed E-state index contributed by atoms with van der Waals surface area (Å²) in [4.78, 5) is 24.2. The highest BCUT2D eigenvalue weighted by molar-refractivity contribution is 6.30. The molecule has 106 valence electrons. The van der Waals surface area contributed by atoms with Crippen molar-refractivity contribution in [2.24, 2.45) is 11.8 Å². The number of amides is 2. The first-order valence-corrected chi connectivity index (χ1v) is 6.92. The van der Waals surface area contributed by atoms with Crippen LogP contribution in [0.15, 0.2) is 36.4 Å². The number of hydrogen-bond acceptors (Lipinski definition) is 2. The molecule has 4 nitrogen and oxygen atoms in total. The van der Waals surface area contributed by atoms with Gasteiger partial charge in [0.2, 0.25) is 11.8 Å². The summed E-state index contributed by atoms with van der Waals surface area (Å²) in [6.07, 6.45) is 5.08. The van der Waals surface area contributed by atoms with Crippen LogP contribution in [0.2, 0.25) is 5.02 Å². The molecule has 2 N–H and O–H groups in total. The number of halogens is 1. The van der Waals surface area contributed by atoms with Gasteiger partial charge in [0.15, 0.2) is 0 Å². The molecule has 1 aliphatic carbocycles. The SMILES string of the molecule is CNC(=O)C1CC=CCC1C(=O)Nc1ccc(Cl)cc1. The van der Waals surface area contributed by atoms with Gasteiger partial charge in [0, 0.05) is 17.8 Å². The zero-order valence-electron chi connectivity index (χ0n) is 11.2. The molecule has 0 saturated heterocycles. The van der Waals surface area contributed by atoms with E-state index in [1.165, 1.54) is 0 Å². The van der Waals surface area contributed by atoms with E-state index >= 15 is 0 Å². The Morgan fingerprint density at radius 3 is 2.15 bits per heavy atom. The first kappa shape index (κ1) is 14.6. The third-order valence-electron chi connectivity index (χ3n) is 3.46. The largest absolute Gasteiger partial charge is 0.359 e. The van der Waals surface area contributed by atoms with Crippen LogP contribution < -0.4 is 10.6 Å². The lowest BCUT2D eigenvalue weighted by Crippen LogP contribution is -2.39. The van der Waals surface area contributed by atoms with E-state index < -0.39 is 0 Å². The van der Waals surface area contributed by atoms with E-state index in [2.05, 4.69) is 10.6 Å². The van der Waals surface area contributed by atoms with Gasteiger partial charge in [-0.15, -0.1) is 0 Å². The van der Waals surface area contributed by atoms with Crippen molar-refractivity contribution in [3.8, 4) is 0 Å². The molecular formula is C15H17ClN2O2. The zero-order valence-corrected chi connectivity index (χ0v) is 12.0. The lowest BCUT2D eigenvalue weighted by atomic mass is 9.81. The fraction of sp³-hybridized carbons (Fsp3) is 0.333. The summed E-state index contributed by atoms with van der Waals surface area (Å²) >= 11 is 5.81. The standard InChI is InChI=1S/C15H17ClN2O2/c1-17-14(19)12-4-2-3-5-13(12)15(20)18-11-8-6-10(16)7-9-11/h2-3,6-9,12-13H,4-5H2,1H3,(H,17,19)(H,18,20). The summed E-state index contributed by atoms with van der Waals surface area (Å²) in [6, 6.07) is 6.92. The molecule has 1 aromatic carbocycles. The van der Waals surface area contributed by atoms with E-state index in [0.29, 0.717) is 23.6 Å². The number of rotatable bonds is 3. The Labute approximate surface area is 123 Å². The second-order valence-electron chi connectivity index (χ2n) is 4.77. The predicted octanol–water partition coefficient (Wildman–Crippen LogP) is 2.61. The Morgan fingerprint density at radius 1 is 1.05 bits per heavy atom. The molecular weight excluding hydrogens is 276 g/mol. The number of hydrogen-bond donors (Lipinski definition) is 2. The van der Waals surface area contributed by atoms with Crippen molar-refractivity contribution >= 4 is 29.1 Å². The molecule has 0 radical (unpaired) electrons. The Kier molecular flexibility index (Phi) is 4.79. The van der Waals surface area contributed by atoms with Crippen molar-refractivity contribution in [1.29, 1.82) is 0 Å². The average Bonchev–Trinajstić information content (AvgIpc) is 2.48. The maximum absolute atomic E-state index is 12.3. The van der Waals surface area contributed by atoms with Crippen molar-refractivity contribution in [2.75, 3.05) is 12.4 Å². The number of allylic oxidation sites excluding steroid dienone is 2. The molecule has 2 rings (SSSR count). The highest BCUT2D eigenvalue weighted by Crippen LogP contribution is 2.27. The van der Waals surface area contributed by atoms with Gasteiger partial charge in [-0.25, -0.2) is 0 Å². The minimum atomic E-state index is -0.337. The van der Waals surface area contributed by atoms with E-state index in [9.17, 15) is 9.59 Å². The Hall–Kier alpha value is -1.81. The lowest BCUT2D eigenvalue weighted by molar-refractivity contribution is -0.132. The van der Waals surface area contributed by atoms with Crippen LogP contribution in [0.3, 0.4) is 0 Å². The van der Waals surface area contributed by atoms with Gasteiger partial charge in [0.1, 0.15) is 0 Å². The van der Waals surface area contributed by atoms with Crippen LogP contribution in [0.5, 0.6) is 0 Å². The third kappa shape index (κ3) is 3.39. The first-order valence-electron chi connectivity index (χ1n) is 6.55. The van der Waals surface area contributed by atoms with Crippen LogP contribution >= 0.6 is 11.6 Å². The van der Waals surface area contributed by atoms with E-state index in [0.717, 1.165) is 0 Å². The summed E-state index contributed by atoms with van der Waals surface area (Å²) in [5, 5.41) is 6.07. The van der Waals surface area contributed by atoms with Gasteiger partial charge < -0.3 is 10.6 Å². The summed E-state index contributed by atoms with van der Waals surface area (Å²) in [6.45, 7) is 0. The minimum Gasteiger partial charge on any atom is -0.359 e. The van der Waals surface area contributed by atoms with Crippen molar-refractivity contribution < 1.29 is 9.59 Å². The smallest absolute Gasteiger partial charge is 0.228 e. The number of benzene rings is 1. The molecule has 2 atom stereocenters. The summed E-state index contributed by atoms with van der Waals surface area (Å²) in [5.74, 6) is -0.871. The molecule has 0 spiro atoms. The van der Waals surface area contributed by atoms with Crippen molar-refractivity contribution in [2.45, 2.75) is 12.8 Å². The van der Waals surface area contributed by atoms with Crippen molar-refractivity contribution in [3.05, 3.63) is 41.4 Å². The van der Waals surface area contributed by atoms with Gasteiger partial charge in [-0.2, -0.15) is 0 Å². The van der Waals surface area contributed by atoms with Gasteiger partial charge in [-0.05, 0) is 37.1 Å². The number of carbonyl (C=O) groups excluding carboxylic acids is 2. The zero-order chi connectivity index (χ0) is 14.5. The maximum Gasteiger partial charge on any atom is 0.228 e. The Morgan fingerprint density at radius 2 is 1.60 bits per heavy atom. The Bertz CT molecular complexity index is 525. The molecule has 5 heteroatoms. The second kappa shape index (κ2) is 6.57. The normalized spacial score (nSPS) is 21.3. The molecule has 0 aromatic heterocycles. The van der Waals surface area contributed by atoms with Crippen LogP contribution in [0, 0.1) is 11.8 Å². The minimum absolute atomic E-state index is 0.0920. The van der Waals surface area contributed by atoms with Crippen LogP contribution in [0.4, 0.5) is 5.69 Å². The van der Waals surface area contributed by atoms with Gasteiger partial charge in [-0.1, -0.05) is 23.8 Å². The maximum atomic E-state index is 12.3. The van der Waals surface area contributed by atoms with E-state index in [1.807, 2.05) is 12.2 Å². The molecule has 0 saturated carbocycles. The second-order valence-corrected chi connectivity index (χ2v) is 5.20. The quantitative estimate of drug-likeness (QED) is 0.841. The first-order chi connectivity index (χ1) is 9.61. The predicted molar refractivity (Wildman–Crippen MR) is 79.5 cm³/mol. The van der Waals surface area contributed by atoms with Crippen molar-refractivity contribution in [3.63, 3.8) is 0 Å². The number of nitrogens with one attached hydrogen (secondary N) is 2. The highest BCUT2D eigenvalue weighted by Gasteiger charge is 2.33. The third-order valence-corrected chi connectivity index (χ3v) is 3.72. The molecule has 0 fully saturated rings. The fourth-order valence-electron chi connectivity index (χ4n) is 2.35. The summed E-state index contributed by atoms with van der Waals surface area (Å²) in [5.41, 5.74) is 0.685. The van der Waals surface area contributed by atoms with Crippen LogP contribution in [0.1, 0.15) is 12.8 Å². The number of carbonyl (C=O) groups is 2. The molecule has 0 heterocycles. The summed E-state index contributed by atoms with van der Waals surface area (Å²) < 4.78 is 0. The topological polar surface area (TPSA) is 58.2 Å². The van der Waals surface area contributed by atoms with E-state index in [1.54, 1.807) is 31.3 Å². The summed E-state index contributed by atoms with van der Waals surface area (Å²) in [7, 11) is 1.59. The molecule has 20 heavy (non-hydrogen) atoms. The van der Waals surface area contributed by atoms with Gasteiger partial charge in [0.05, 0.1) is 11.8 Å². The molecule has 1 aromatic rings. The lowest BCUT2D eigenvalue weighted by Gasteiger charge is -2.26. The van der Waals surface area contributed by atoms with Crippen LogP contribution in [-0.4, -0.2) is 18.9 Å². The van der Waals surface area contributed by atoms with Crippen molar-refractivity contribution in [1.82, 2.24) is 5.32 Å². The van der Waals surface area contributed by atoms with Gasteiger partial charge in [0.25, 0.3) is 0 Å². The molecule has 0 aliphatic heterocycles. The average molecular weight is 293 g/mol. The van der Waals surface area contributed by atoms with Gasteiger partial charge >= 0.3 is 0 Å². The monoisotopic (exact) mass is 292 g/mol. The van der Waals surface area contributed by atoms with E-state index in [4.69, 9.17) is 11.6 Å². The van der Waals surface area contributed by atoms with Crippen LogP contribution in [0.25, 0.3) is 0 Å². The molecule has 2 amide bonds. The molecule has 1 aliphatic rings. The van der Waals surface area contributed by atoms with E-state index in [-0.39, 0.29) is 23.7 Å². The Balaban J connectivity index is 2.08. The molecule has 2 unspecified atom stereocenters. The number of anilines is 1. The fourth-order valence-corrected chi connectivity index (χ4v) is 2.47. The highest BCUT2D eigenvalue weighted by atomic mass is 35.5. The van der Waals surface area contributed by atoms with Crippen LogP contribution in [-0.2, 0) is 9.59 Å². The van der Waals surface area contributed by atoms with Gasteiger partial charge in [-0.3, -0.25) is 9.59 Å². The molecule has 0 bridgehead atoms.